The van der Waals surface area contributed by atoms with Crippen molar-refractivity contribution in [2.75, 3.05) is 6.61 Å². The molecular formula is C55H95NO5. The van der Waals surface area contributed by atoms with Crippen molar-refractivity contribution in [1.29, 1.82) is 0 Å². The average Bonchev–Trinajstić information content (AvgIpc) is 3.25. The second-order valence-electron chi connectivity index (χ2n) is 17.0. The molecule has 0 rings (SSSR count). The van der Waals surface area contributed by atoms with Crippen LogP contribution >= 0.6 is 0 Å². The zero-order chi connectivity index (χ0) is 44.5. The molecule has 0 aliphatic rings. The summed E-state index contributed by atoms with van der Waals surface area (Å²) in [5, 5.41) is 23.7. The van der Waals surface area contributed by atoms with Crippen LogP contribution in [-0.4, -0.2) is 46.9 Å². The first-order valence-electron chi connectivity index (χ1n) is 25.4. The summed E-state index contributed by atoms with van der Waals surface area (Å²) in [7, 11) is 0. The average molecular weight is 850 g/mol. The van der Waals surface area contributed by atoms with E-state index in [9.17, 15) is 19.8 Å². The Morgan fingerprint density at radius 1 is 0.492 bits per heavy atom. The van der Waals surface area contributed by atoms with Gasteiger partial charge in [-0.25, -0.2) is 0 Å². The van der Waals surface area contributed by atoms with E-state index in [2.05, 4.69) is 105 Å². The minimum absolute atomic E-state index is 0.0426. The first-order chi connectivity index (χ1) is 30.0. The fraction of sp³-hybridized carbons (Fsp3) is 0.709. The van der Waals surface area contributed by atoms with Crippen molar-refractivity contribution in [3.63, 3.8) is 0 Å². The number of aliphatic hydroxyl groups is 2. The monoisotopic (exact) mass is 850 g/mol. The summed E-state index contributed by atoms with van der Waals surface area (Å²) in [4.78, 5) is 26.1. The summed E-state index contributed by atoms with van der Waals surface area (Å²) in [5.41, 5.74) is 0. The Hall–Kier alpha value is -2.96. The van der Waals surface area contributed by atoms with Crippen molar-refractivity contribution in [3.8, 4) is 0 Å². The van der Waals surface area contributed by atoms with Crippen molar-refractivity contribution in [1.82, 2.24) is 5.32 Å². The molecule has 0 spiro atoms. The molecule has 3 N–H and O–H groups in total. The van der Waals surface area contributed by atoms with Crippen LogP contribution in [0.2, 0.25) is 0 Å². The predicted octanol–water partition coefficient (Wildman–Crippen LogP) is 15.2. The van der Waals surface area contributed by atoms with Gasteiger partial charge in [0.1, 0.15) is 6.10 Å². The summed E-state index contributed by atoms with van der Waals surface area (Å²) < 4.78 is 5.91. The van der Waals surface area contributed by atoms with Gasteiger partial charge < -0.3 is 20.3 Å². The molecular weight excluding hydrogens is 755 g/mol. The largest absolute Gasteiger partial charge is 0.462 e. The first kappa shape index (κ1) is 58.0. The van der Waals surface area contributed by atoms with Crippen LogP contribution in [0.1, 0.15) is 226 Å². The number of carbonyl (C=O) groups is 2. The summed E-state index contributed by atoms with van der Waals surface area (Å²) in [6.07, 6.45) is 62.0. The topological polar surface area (TPSA) is 95.9 Å². The van der Waals surface area contributed by atoms with Crippen molar-refractivity contribution in [3.05, 3.63) is 85.1 Å². The highest BCUT2D eigenvalue weighted by molar-refractivity contribution is 5.77. The van der Waals surface area contributed by atoms with Crippen molar-refractivity contribution >= 4 is 11.9 Å². The number of carbonyl (C=O) groups excluding carboxylic acids is 2. The van der Waals surface area contributed by atoms with Crippen LogP contribution in [-0.2, 0) is 14.3 Å². The number of esters is 1. The van der Waals surface area contributed by atoms with E-state index >= 15 is 0 Å². The highest BCUT2D eigenvalue weighted by atomic mass is 16.5. The van der Waals surface area contributed by atoms with Crippen LogP contribution < -0.4 is 5.32 Å². The van der Waals surface area contributed by atoms with Gasteiger partial charge in [0.15, 0.2) is 0 Å². The molecule has 0 aliphatic carbocycles. The van der Waals surface area contributed by atoms with Crippen LogP contribution in [0.5, 0.6) is 0 Å². The van der Waals surface area contributed by atoms with Crippen molar-refractivity contribution in [2.45, 2.75) is 244 Å². The Bertz CT molecular complexity index is 1180. The van der Waals surface area contributed by atoms with E-state index in [1.165, 1.54) is 96.3 Å². The molecule has 1 amide bonds. The Morgan fingerprint density at radius 3 is 1.39 bits per heavy atom. The number of hydrogen-bond acceptors (Lipinski definition) is 5. The lowest BCUT2D eigenvalue weighted by molar-refractivity contribution is -0.151. The second-order valence-corrected chi connectivity index (χ2v) is 17.0. The Kier molecular flexibility index (Phi) is 45.7. The summed E-state index contributed by atoms with van der Waals surface area (Å²) in [6, 6.07) is -0.720. The summed E-state index contributed by atoms with van der Waals surface area (Å²) >= 11 is 0. The molecule has 0 saturated heterocycles. The zero-order valence-corrected chi connectivity index (χ0v) is 39.8. The molecule has 0 aliphatic heterocycles. The molecule has 0 radical (unpaired) electrons. The normalized spacial score (nSPS) is 14.0. The lowest BCUT2D eigenvalue weighted by Gasteiger charge is -2.24. The number of amides is 1. The highest BCUT2D eigenvalue weighted by Gasteiger charge is 2.24. The van der Waals surface area contributed by atoms with Crippen LogP contribution in [0, 0.1) is 0 Å². The minimum Gasteiger partial charge on any atom is -0.462 e. The third-order valence-electron chi connectivity index (χ3n) is 11.1. The molecule has 6 nitrogen and oxygen atoms in total. The Balaban J connectivity index is 4.72. The van der Waals surface area contributed by atoms with E-state index < -0.39 is 18.2 Å². The van der Waals surface area contributed by atoms with Crippen LogP contribution in [0.4, 0.5) is 0 Å². The molecule has 61 heavy (non-hydrogen) atoms. The van der Waals surface area contributed by atoms with E-state index in [1.54, 1.807) is 0 Å². The number of rotatable bonds is 44. The lowest BCUT2D eigenvalue weighted by atomic mass is 10.0. The van der Waals surface area contributed by atoms with E-state index in [0.29, 0.717) is 19.3 Å². The number of allylic oxidation sites excluding steroid dienone is 14. The van der Waals surface area contributed by atoms with E-state index in [4.69, 9.17) is 4.74 Å². The van der Waals surface area contributed by atoms with Crippen molar-refractivity contribution < 1.29 is 24.5 Å². The zero-order valence-electron chi connectivity index (χ0n) is 39.8. The van der Waals surface area contributed by atoms with E-state index in [-0.39, 0.29) is 24.9 Å². The Morgan fingerprint density at radius 2 is 0.885 bits per heavy atom. The molecule has 0 aromatic heterocycles. The molecule has 0 bridgehead atoms. The molecule has 0 fully saturated rings. The SMILES string of the molecule is CC/C=C/C=C/C=C/CCCCCCCCCC(=O)OC(CCCCC/C=C/C=C/C=C/C=C/CCCCC)CC(=O)NC(CO)C(O)CCCCCCCCCCCCC. The summed E-state index contributed by atoms with van der Waals surface area (Å²) in [6.45, 7) is 6.29. The lowest BCUT2D eigenvalue weighted by Crippen LogP contribution is -2.46. The van der Waals surface area contributed by atoms with E-state index in [0.717, 1.165) is 83.5 Å². The predicted molar refractivity (Wildman–Crippen MR) is 264 cm³/mol. The number of nitrogens with one attached hydrogen (secondary N) is 1. The highest BCUT2D eigenvalue weighted by Crippen LogP contribution is 2.17. The second kappa shape index (κ2) is 48.1. The van der Waals surface area contributed by atoms with Gasteiger partial charge >= 0.3 is 5.97 Å². The number of aliphatic hydroxyl groups excluding tert-OH is 2. The van der Waals surface area contributed by atoms with Gasteiger partial charge in [0, 0.05) is 6.42 Å². The summed E-state index contributed by atoms with van der Waals surface area (Å²) in [5.74, 6) is -0.531. The number of unbranched alkanes of at least 4 members (excludes halogenated alkanes) is 23. The molecule has 0 aromatic rings. The minimum atomic E-state index is -0.804. The van der Waals surface area contributed by atoms with Crippen LogP contribution in [0.15, 0.2) is 85.1 Å². The fourth-order valence-corrected chi connectivity index (χ4v) is 7.26. The molecule has 3 atom stereocenters. The van der Waals surface area contributed by atoms with Gasteiger partial charge in [-0.2, -0.15) is 0 Å². The molecule has 0 aromatic carbocycles. The van der Waals surface area contributed by atoms with Gasteiger partial charge in [0.2, 0.25) is 5.91 Å². The number of ether oxygens (including phenoxy) is 1. The third-order valence-corrected chi connectivity index (χ3v) is 11.1. The molecule has 3 unspecified atom stereocenters. The molecule has 0 heterocycles. The van der Waals surface area contributed by atoms with Crippen LogP contribution in [0.3, 0.4) is 0 Å². The maximum absolute atomic E-state index is 13.2. The fourth-order valence-electron chi connectivity index (χ4n) is 7.26. The van der Waals surface area contributed by atoms with Gasteiger partial charge in [-0.3, -0.25) is 9.59 Å². The van der Waals surface area contributed by atoms with Gasteiger partial charge in [0.25, 0.3) is 0 Å². The van der Waals surface area contributed by atoms with Gasteiger partial charge in [-0.1, -0.05) is 228 Å². The van der Waals surface area contributed by atoms with Gasteiger partial charge in [-0.05, 0) is 70.6 Å². The maximum atomic E-state index is 13.2. The maximum Gasteiger partial charge on any atom is 0.306 e. The molecule has 0 saturated carbocycles. The molecule has 350 valence electrons. The quantitative estimate of drug-likeness (QED) is 0.0322. The first-order valence-corrected chi connectivity index (χ1v) is 25.4. The Labute approximate surface area is 376 Å². The standard InChI is InChI=1S/C55H95NO5/c1-4-7-10-13-16-19-22-24-26-28-29-32-34-37-40-43-46-51(61-55(60)48-45-42-39-36-33-30-27-25-23-20-17-14-11-8-5-2)49-54(59)56-52(50-57)53(58)47-44-41-38-35-31-21-18-15-12-9-6-3/h8,11,14,16-17,19-20,22-24,26,28-29,32,51-53,57-58H,4-7,9-10,12-13,15,18,21,25,27,30-31,33-50H2,1-3H3,(H,56,59)/b11-8+,17-14+,19-16+,23-20+,24-22+,28-26+,32-29+. The van der Waals surface area contributed by atoms with Gasteiger partial charge in [0.05, 0.1) is 25.2 Å². The van der Waals surface area contributed by atoms with Gasteiger partial charge in [-0.15, -0.1) is 0 Å². The smallest absolute Gasteiger partial charge is 0.306 e. The third kappa shape index (κ3) is 43.5. The number of hydrogen-bond donors (Lipinski definition) is 3. The van der Waals surface area contributed by atoms with Crippen molar-refractivity contribution in [2.24, 2.45) is 0 Å². The van der Waals surface area contributed by atoms with E-state index in [1.807, 2.05) is 6.08 Å². The molecule has 6 heteroatoms. The van der Waals surface area contributed by atoms with Crippen LogP contribution in [0.25, 0.3) is 0 Å².